The van der Waals surface area contributed by atoms with Crippen molar-refractivity contribution in [2.75, 3.05) is 0 Å². The maximum atomic E-state index is 12.8. The van der Waals surface area contributed by atoms with Crippen LogP contribution < -0.4 is 5.32 Å². The Balaban J connectivity index is 1.80. The van der Waals surface area contributed by atoms with Crippen molar-refractivity contribution in [3.05, 3.63) is 107 Å². The highest BCUT2D eigenvalue weighted by Gasteiger charge is 2.22. The molecule has 0 aliphatic carbocycles. The number of hydrogen-bond donors (Lipinski definition) is 1. The van der Waals surface area contributed by atoms with Crippen LogP contribution in [0, 0.1) is 0 Å². The number of amides is 1. The van der Waals surface area contributed by atoms with Crippen LogP contribution in [0.5, 0.6) is 0 Å². The first-order valence-electron chi connectivity index (χ1n) is 7.86. The molecule has 0 spiro atoms. The Kier molecular flexibility index (Phi) is 5.29. The Morgan fingerprint density at radius 2 is 1.29 bits per heavy atom. The smallest absolute Gasteiger partial charge is 0.232 e. The highest BCUT2D eigenvalue weighted by molar-refractivity contribution is 6.30. The van der Waals surface area contributed by atoms with E-state index in [1.165, 1.54) is 0 Å². The fraction of sp³-hybridized carbons (Fsp3) is 0.0952. The fourth-order valence-electron chi connectivity index (χ4n) is 2.68. The van der Waals surface area contributed by atoms with Gasteiger partial charge in [0.1, 0.15) is 0 Å². The van der Waals surface area contributed by atoms with Crippen LogP contribution in [0.1, 0.15) is 22.6 Å². The molecule has 3 rings (SSSR count). The molecule has 0 radical (unpaired) electrons. The SMILES string of the molecule is O=C(NCc1ccc(Cl)cc1)C(c1ccccc1)c1ccccc1. The van der Waals surface area contributed by atoms with E-state index in [9.17, 15) is 4.79 Å². The van der Waals surface area contributed by atoms with Crippen LogP contribution in [0.4, 0.5) is 0 Å². The van der Waals surface area contributed by atoms with Crippen molar-refractivity contribution in [2.45, 2.75) is 12.5 Å². The molecule has 0 saturated heterocycles. The summed E-state index contributed by atoms with van der Waals surface area (Å²) in [4.78, 5) is 12.8. The van der Waals surface area contributed by atoms with Crippen molar-refractivity contribution in [2.24, 2.45) is 0 Å². The standard InChI is InChI=1S/C21H18ClNO/c22-19-13-11-16(12-14-19)15-23-21(24)20(17-7-3-1-4-8-17)18-9-5-2-6-10-18/h1-14,20H,15H2,(H,23,24). The first kappa shape index (κ1) is 16.3. The molecule has 0 heterocycles. The summed E-state index contributed by atoms with van der Waals surface area (Å²) in [6.07, 6.45) is 0. The van der Waals surface area contributed by atoms with Crippen molar-refractivity contribution >= 4 is 17.5 Å². The summed E-state index contributed by atoms with van der Waals surface area (Å²) in [5.41, 5.74) is 2.99. The first-order chi connectivity index (χ1) is 11.7. The fourth-order valence-corrected chi connectivity index (χ4v) is 2.81. The lowest BCUT2D eigenvalue weighted by Gasteiger charge is -2.18. The van der Waals surface area contributed by atoms with E-state index in [1.54, 1.807) is 0 Å². The van der Waals surface area contributed by atoms with Gasteiger partial charge < -0.3 is 5.32 Å². The minimum absolute atomic E-state index is 0.0117. The summed E-state index contributed by atoms with van der Waals surface area (Å²) in [6, 6.07) is 27.2. The van der Waals surface area contributed by atoms with Crippen molar-refractivity contribution in [1.82, 2.24) is 5.32 Å². The molecule has 0 unspecified atom stereocenters. The van der Waals surface area contributed by atoms with E-state index < -0.39 is 0 Å². The average molecular weight is 336 g/mol. The van der Waals surface area contributed by atoms with Crippen LogP contribution in [-0.4, -0.2) is 5.91 Å². The van der Waals surface area contributed by atoms with Crippen LogP contribution >= 0.6 is 11.6 Å². The molecule has 2 nitrogen and oxygen atoms in total. The molecule has 0 saturated carbocycles. The van der Waals surface area contributed by atoms with E-state index in [0.29, 0.717) is 11.6 Å². The highest BCUT2D eigenvalue weighted by atomic mass is 35.5. The maximum absolute atomic E-state index is 12.8. The molecule has 120 valence electrons. The Morgan fingerprint density at radius 3 is 1.79 bits per heavy atom. The van der Waals surface area contributed by atoms with Gasteiger partial charge in [-0.05, 0) is 28.8 Å². The van der Waals surface area contributed by atoms with Gasteiger partial charge in [0, 0.05) is 11.6 Å². The maximum Gasteiger partial charge on any atom is 0.232 e. The van der Waals surface area contributed by atoms with Crippen molar-refractivity contribution < 1.29 is 4.79 Å². The first-order valence-corrected chi connectivity index (χ1v) is 8.24. The number of halogens is 1. The van der Waals surface area contributed by atoms with Gasteiger partial charge in [-0.1, -0.05) is 84.4 Å². The third-order valence-electron chi connectivity index (χ3n) is 3.91. The third kappa shape index (κ3) is 4.03. The van der Waals surface area contributed by atoms with Gasteiger partial charge in [0.2, 0.25) is 5.91 Å². The van der Waals surface area contributed by atoms with Crippen molar-refractivity contribution in [1.29, 1.82) is 0 Å². The van der Waals surface area contributed by atoms with E-state index in [1.807, 2.05) is 84.9 Å². The van der Waals surface area contributed by atoms with E-state index in [4.69, 9.17) is 11.6 Å². The van der Waals surface area contributed by atoms with E-state index in [0.717, 1.165) is 16.7 Å². The average Bonchev–Trinajstić information content (AvgIpc) is 2.63. The summed E-state index contributed by atoms with van der Waals surface area (Å²) in [7, 11) is 0. The van der Waals surface area contributed by atoms with Gasteiger partial charge >= 0.3 is 0 Å². The van der Waals surface area contributed by atoms with Crippen LogP contribution in [0.2, 0.25) is 5.02 Å². The molecule has 0 bridgehead atoms. The zero-order valence-corrected chi connectivity index (χ0v) is 13.9. The molecule has 3 aromatic rings. The number of benzene rings is 3. The van der Waals surface area contributed by atoms with Crippen LogP contribution in [-0.2, 0) is 11.3 Å². The summed E-state index contributed by atoms with van der Waals surface area (Å²) >= 11 is 5.90. The lowest BCUT2D eigenvalue weighted by Crippen LogP contribution is -2.29. The quantitative estimate of drug-likeness (QED) is 0.713. The molecular weight excluding hydrogens is 318 g/mol. The monoisotopic (exact) mass is 335 g/mol. The molecule has 3 heteroatoms. The molecule has 0 aliphatic heterocycles. The van der Waals surface area contributed by atoms with Gasteiger partial charge in [-0.2, -0.15) is 0 Å². The normalized spacial score (nSPS) is 10.6. The zero-order valence-electron chi connectivity index (χ0n) is 13.2. The number of carbonyl (C=O) groups is 1. The van der Waals surface area contributed by atoms with Gasteiger partial charge in [-0.3, -0.25) is 4.79 Å². The lowest BCUT2D eigenvalue weighted by atomic mass is 9.90. The number of rotatable bonds is 5. The Bertz CT molecular complexity index is 746. The molecule has 0 aromatic heterocycles. The van der Waals surface area contributed by atoms with Gasteiger partial charge in [0.15, 0.2) is 0 Å². The topological polar surface area (TPSA) is 29.1 Å². The largest absolute Gasteiger partial charge is 0.351 e. The summed E-state index contributed by atoms with van der Waals surface area (Å²) in [5.74, 6) is -0.331. The molecule has 24 heavy (non-hydrogen) atoms. The summed E-state index contributed by atoms with van der Waals surface area (Å²) < 4.78 is 0. The lowest BCUT2D eigenvalue weighted by molar-refractivity contribution is -0.121. The van der Waals surface area contributed by atoms with Gasteiger partial charge in [0.05, 0.1) is 5.92 Å². The molecule has 0 fully saturated rings. The number of nitrogens with one attached hydrogen (secondary N) is 1. The molecular formula is C21H18ClNO. The van der Waals surface area contributed by atoms with Crippen LogP contribution in [0.15, 0.2) is 84.9 Å². The van der Waals surface area contributed by atoms with E-state index in [2.05, 4.69) is 5.32 Å². The summed E-state index contributed by atoms with van der Waals surface area (Å²) in [6.45, 7) is 0.478. The Hall–Kier alpha value is -2.58. The molecule has 0 aliphatic rings. The number of hydrogen-bond acceptors (Lipinski definition) is 1. The Labute approximate surface area is 147 Å². The second-order valence-corrected chi connectivity index (χ2v) is 6.04. The Morgan fingerprint density at radius 1 is 0.792 bits per heavy atom. The van der Waals surface area contributed by atoms with E-state index >= 15 is 0 Å². The van der Waals surface area contributed by atoms with Crippen molar-refractivity contribution in [3.8, 4) is 0 Å². The summed E-state index contributed by atoms with van der Waals surface area (Å²) in [5, 5.41) is 3.72. The van der Waals surface area contributed by atoms with Crippen LogP contribution in [0.25, 0.3) is 0 Å². The molecule has 3 aromatic carbocycles. The molecule has 1 N–H and O–H groups in total. The second kappa shape index (κ2) is 7.80. The predicted molar refractivity (Wildman–Crippen MR) is 98.0 cm³/mol. The second-order valence-electron chi connectivity index (χ2n) is 5.60. The van der Waals surface area contributed by atoms with Crippen LogP contribution in [0.3, 0.4) is 0 Å². The number of carbonyl (C=O) groups excluding carboxylic acids is 1. The predicted octanol–water partition coefficient (Wildman–Crippen LogP) is 4.79. The van der Waals surface area contributed by atoms with Gasteiger partial charge in [0.25, 0.3) is 0 Å². The van der Waals surface area contributed by atoms with Gasteiger partial charge in [-0.25, -0.2) is 0 Å². The zero-order chi connectivity index (χ0) is 16.8. The van der Waals surface area contributed by atoms with E-state index in [-0.39, 0.29) is 11.8 Å². The highest BCUT2D eigenvalue weighted by Crippen LogP contribution is 2.24. The van der Waals surface area contributed by atoms with Gasteiger partial charge in [-0.15, -0.1) is 0 Å². The molecule has 1 amide bonds. The minimum Gasteiger partial charge on any atom is -0.351 e. The minimum atomic E-state index is -0.320. The van der Waals surface area contributed by atoms with Crippen molar-refractivity contribution in [3.63, 3.8) is 0 Å². The third-order valence-corrected chi connectivity index (χ3v) is 4.16. The molecule has 0 atom stereocenters.